The van der Waals surface area contributed by atoms with Gasteiger partial charge in [-0.2, -0.15) is 0 Å². The molecule has 1 saturated carbocycles. The second-order valence-electron chi connectivity index (χ2n) is 5.59. The Bertz CT molecular complexity index is 441. The van der Waals surface area contributed by atoms with Gasteiger partial charge < -0.3 is 15.7 Å². The summed E-state index contributed by atoms with van der Waals surface area (Å²) in [5.74, 6) is 3.11. The largest absolute Gasteiger partial charge is 0.388 e. The van der Waals surface area contributed by atoms with Crippen LogP contribution in [0.4, 0.5) is 11.6 Å². The highest BCUT2D eigenvalue weighted by molar-refractivity contribution is 5.48. The molecule has 0 radical (unpaired) electrons. The molecular weight excluding hydrogens is 252 g/mol. The summed E-state index contributed by atoms with van der Waals surface area (Å²) in [5.41, 5.74) is -0.664. The predicted molar refractivity (Wildman–Crippen MR) is 82.2 cm³/mol. The van der Waals surface area contributed by atoms with Crippen molar-refractivity contribution >= 4 is 11.6 Å². The van der Waals surface area contributed by atoms with Crippen LogP contribution < -0.4 is 10.6 Å². The van der Waals surface area contributed by atoms with Gasteiger partial charge in [-0.25, -0.2) is 9.97 Å². The van der Waals surface area contributed by atoms with E-state index in [4.69, 9.17) is 0 Å². The molecule has 0 spiro atoms. The summed E-state index contributed by atoms with van der Waals surface area (Å²) in [6, 6.07) is 1.92. The minimum atomic E-state index is -0.664. The van der Waals surface area contributed by atoms with E-state index < -0.39 is 5.60 Å². The fourth-order valence-electron chi connectivity index (χ4n) is 2.11. The van der Waals surface area contributed by atoms with Gasteiger partial charge in [-0.15, -0.1) is 0 Å². The lowest BCUT2D eigenvalue weighted by Gasteiger charge is -2.25. The van der Waals surface area contributed by atoms with E-state index >= 15 is 0 Å². The molecule has 0 unspecified atom stereocenters. The van der Waals surface area contributed by atoms with Crippen LogP contribution in [0.3, 0.4) is 0 Å². The third-order valence-electron chi connectivity index (χ3n) is 3.96. The fourth-order valence-corrected chi connectivity index (χ4v) is 2.11. The molecule has 2 rings (SSSR count). The van der Waals surface area contributed by atoms with Gasteiger partial charge in [0.2, 0.25) is 0 Å². The average Bonchev–Trinajstić information content (AvgIpc) is 3.29. The number of anilines is 2. The molecule has 1 aliphatic rings. The first-order valence-electron chi connectivity index (χ1n) is 7.69. The molecule has 1 aromatic rings. The van der Waals surface area contributed by atoms with Crippen molar-refractivity contribution < 1.29 is 5.11 Å². The first-order chi connectivity index (χ1) is 9.60. The fraction of sp³-hybridized carbons (Fsp3) is 0.733. The van der Waals surface area contributed by atoms with Crippen LogP contribution in [0.15, 0.2) is 6.07 Å². The molecule has 0 amide bonds. The molecule has 0 saturated heterocycles. The number of rotatable bonds is 8. The van der Waals surface area contributed by atoms with Crippen LogP contribution in [0.1, 0.15) is 58.2 Å². The number of aliphatic hydroxyl groups is 1. The lowest BCUT2D eigenvalue weighted by molar-refractivity contribution is 0.0456. The lowest BCUT2D eigenvalue weighted by Crippen LogP contribution is -2.35. The minimum Gasteiger partial charge on any atom is -0.388 e. The van der Waals surface area contributed by atoms with E-state index in [9.17, 15) is 5.11 Å². The van der Waals surface area contributed by atoms with Gasteiger partial charge in [0.15, 0.2) is 0 Å². The molecule has 1 aromatic heterocycles. The van der Waals surface area contributed by atoms with Crippen molar-refractivity contribution in [2.24, 2.45) is 0 Å². The third kappa shape index (κ3) is 3.82. The molecular formula is C15H26N4O. The summed E-state index contributed by atoms with van der Waals surface area (Å²) in [7, 11) is 0. The summed E-state index contributed by atoms with van der Waals surface area (Å²) >= 11 is 0. The zero-order chi connectivity index (χ0) is 14.6. The Hall–Kier alpha value is -1.36. The molecule has 112 valence electrons. The number of hydrogen-bond donors (Lipinski definition) is 3. The summed E-state index contributed by atoms with van der Waals surface area (Å²) in [5, 5.41) is 16.8. The smallest absolute Gasteiger partial charge is 0.136 e. The molecule has 1 heterocycles. The summed E-state index contributed by atoms with van der Waals surface area (Å²) in [4.78, 5) is 9.12. The van der Waals surface area contributed by atoms with Crippen LogP contribution in [-0.2, 0) is 0 Å². The van der Waals surface area contributed by atoms with Crippen LogP contribution in [-0.4, -0.2) is 33.8 Å². The maximum atomic E-state index is 10.3. The molecule has 5 nitrogen and oxygen atoms in total. The van der Waals surface area contributed by atoms with E-state index in [2.05, 4.69) is 27.5 Å². The highest BCUT2D eigenvalue weighted by Crippen LogP contribution is 2.38. The monoisotopic (exact) mass is 278 g/mol. The molecule has 0 aromatic carbocycles. The highest BCUT2D eigenvalue weighted by Gasteiger charge is 2.28. The molecule has 20 heavy (non-hydrogen) atoms. The minimum absolute atomic E-state index is 0.519. The average molecular weight is 278 g/mol. The Balaban J connectivity index is 2.09. The first-order valence-corrected chi connectivity index (χ1v) is 7.69. The number of nitrogens with zero attached hydrogens (tertiary/aromatic N) is 2. The zero-order valence-electron chi connectivity index (χ0n) is 12.7. The summed E-state index contributed by atoms with van der Waals surface area (Å²) in [6.07, 6.45) is 3.83. The Morgan fingerprint density at radius 1 is 1.15 bits per heavy atom. The van der Waals surface area contributed by atoms with E-state index in [1.54, 1.807) is 0 Å². The van der Waals surface area contributed by atoms with Crippen molar-refractivity contribution in [2.75, 3.05) is 23.7 Å². The summed E-state index contributed by atoms with van der Waals surface area (Å²) in [6.45, 7) is 7.43. The molecule has 1 fully saturated rings. The number of aromatic nitrogens is 2. The van der Waals surface area contributed by atoms with Crippen molar-refractivity contribution in [3.8, 4) is 0 Å². The maximum absolute atomic E-state index is 10.3. The Kier molecular flexibility index (Phi) is 4.81. The van der Waals surface area contributed by atoms with Gasteiger partial charge in [0.05, 0.1) is 5.60 Å². The van der Waals surface area contributed by atoms with Crippen LogP contribution in [0.5, 0.6) is 0 Å². The van der Waals surface area contributed by atoms with E-state index in [0.717, 1.165) is 36.8 Å². The van der Waals surface area contributed by atoms with Gasteiger partial charge in [-0.3, -0.25) is 0 Å². The van der Waals surface area contributed by atoms with Crippen molar-refractivity contribution in [1.29, 1.82) is 0 Å². The van der Waals surface area contributed by atoms with Crippen molar-refractivity contribution in [2.45, 2.75) is 58.0 Å². The quantitative estimate of drug-likeness (QED) is 0.682. The molecule has 1 aliphatic carbocycles. The van der Waals surface area contributed by atoms with E-state index in [-0.39, 0.29) is 0 Å². The molecule has 0 atom stereocenters. The first kappa shape index (κ1) is 15.0. The van der Waals surface area contributed by atoms with Crippen molar-refractivity contribution in [1.82, 2.24) is 9.97 Å². The molecule has 3 N–H and O–H groups in total. The number of nitrogens with one attached hydrogen (secondary N) is 2. The van der Waals surface area contributed by atoms with E-state index in [0.29, 0.717) is 12.5 Å². The predicted octanol–water partition coefficient (Wildman–Crippen LogP) is 2.75. The Morgan fingerprint density at radius 3 is 2.25 bits per heavy atom. The standard InChI is InChI=1S/C15H26N4O/c1-4-15(20,5-2)10-17-13-9-12(16-6-3)18-14(19-13)11-7-8-11/h9,11,20H,4-8,10H2,1-3H3,(H2,16,17,18,19). The molecule has 0 aliphatic heterocycles. The van der Waals surface area contributed by atoms with Crippen LogP contribution in [0.2, 0.25) is 0 Å². The second kappa shape index (κ2) is 6.39. The number of hydrogen-bond acceptors (Lipinski definition) is 5. The van der Waals surface area contributed by atoms with Crippen molar-refractivity contribution in [3.05, 3.63) is 11.9 Å². The van der Waals surface area contributed by atoms with Gasteiger partial charge in [0.25, 0.3) is 0 Å². The van der Waals surface area contributed by atoms with Gasteiger partial charge in [-0.1, -0.05) is 13.8 Å². The molecule has 0 bridgehead atoms. The van der Waals surface area contributed by atoms with Gasteiger partial charge in [-0.05, 0) is 32.6 Å². The Morgan fingerprint density at radius 2 is 1.75 bits per heavy atom. The van der Waals surface area contributed by atoms with Gasteiger partial charge >= 0.3 is 0 Å². The van der Waals surface area contributed by atoms with Crippen LogP contribution in [0.25, 0.3) is 0 Å². The van der Waals surface area contributed by atoms with Crippen LogP contribution >= 0.6 is 0 Å². The Labute approximate surface area is 121 Å². The van der Waals surface area contributed by atoms with Crippen molar-refractivity contribution in [3.63, 3.8) is 0 Å². The lowest BCUT2D eigenvalue weighted by atomic mass is 9.98. The van der Waals surface area contributed by atoms with E-state index in [1.807, 2.05) is 19.9 Å². The zero-order valence-corrected chi connectivity index (χ0v) is 12.7. The van der Waals surface area contributed by atoms with Gasteiger partial charge in [0, 0.05) is 25.1 Å². The normalized spacial score (nSPS) is 15.2. The second-order valence-corrected chi connectivity index (χ2v) is 5.59. The summed E-state index contributed by atoms with van der Waals surface area (Å²) < 4.78 is 0. The van der Waals surface area contributed by atoms with E-state index in [1.165, 1.54) is 12.8 Å². The molecule has 5 heteroatoms. The van der Waals surface area contributed by atoms with Crippen LogP contribution in [0, 0.1) is 0 Å². The highest BCUT2D eigenvalue weighted by atomic mass is 16.3. The SMILES string of the molecule is CCNc1cc(NCC(O)(CC)CC)nc(C2CC2)n1. The third-order valence-corrected chi connectivity index (χ3v) is 3.96. The van der Waals surface area contributed by atoms with Gasteiger partial charge in [0.1, 0.15) is 17.5 Å². The maximum Gasteiger partial charge on any atom is 0.136 e. The topological polar surface area (TPSA) is 70.1 Å².